The van der Waals surface area contributed by atoms with Crippen molar-refractivity contribution in [2.75, 3.05) is 0 Å². The van der Waals surface area contributed by atoms with Gasteiger partial charge < -0.3 is 5.73 Å². The third kappa shape index (κ3) is 2.35. The summed E-state index contributed by atoms with van der Waals surface area (Å²) in [5, 5.41) is 1.73. The van der Waals surface area contributed by atoms with Crippen molar-refractivity contribution in [3.8, 4) is 0 Å². The number of primary amides is 1. The lowest BCUT2D eigenvalue weighted by molar-refractivity contribution is -0.117. The molecule has 0 bridgehead atoms. The molecule has 2 N–H and O–H groups in total. The lowest BCUT2D eigenvalue weighted by Crippen LogP contribution is -2.14. The van der Waals surface area contributed by atoms with Gasteiger partial charge in [-0.05, 0) is 30.7 Å². The van der Waals surface area contributed by atoms with Crippen LogP contribution in [-0.2, 0) is 11.2 Å². The summed E-state index contributed by atoms with van der Waals surface area (Å²) < 4.78 is 0. The molecule has 5 heteroatoms. The average molecular weight is 269 g/mol. The Hall–Kier alpha value is -1.32. The van der Waals surface area contributed by atoms with Gasteiger partial charge in [0.1, 0.15) is 0 Å². The molecule has 0 spiro atoms. The Balaban J connectivity index is 2.82. The van der Waals surface area contributed by atoms with Gasteiger partial charge in [-0.3, -0.25) is 9.78 Å². The lowest BCUT2D eigenvalue weighted by atomic mass is 10.0. The predicted molar refractivity (Wildman–Crippen MR) is 69.4 cm³/mol. The highest BCUT2D eigenvalue weighted by Crippen LogP contribution is 2.31. The quantitative estimate of drug-likeness (QED) is 0.911. The second-order valence-corrected chi connectivity index (χ2v) is 4.63. The molecule has 1 aromatic heterocycles. The summed E-state index contributed by atoms with van der Waals surface area (Å²) in [6, 6.07) is 5.18. The average Bonchev–Trinajstić information content (AvgIpc) is 2.22. The van der Waals surface area contributed by atoms with Crippen molar-refractivity contribution in [3.05, 3.63) is 39.5 Å². The molecule has 0 radical (unpaired) electrons. The first-order chi connectivity index (χ1) is 7.99. The van der Waals surface area contributed by atoms with Crippen LogP contribution in [0.15, 0.2) is 18.2 Å². The number of fused-ring (bicyclic) bond motifs is 1. The van der Waals surface area contributed by atoms with Gasteiger partial charge in [0.25, 0.3) is 0 Å². The highest BCUT2D eigenvalue weighted by molar-refractivity contribution is 6.40. The number of aryl methyl sites for hydroxylation is 1. The van der Waals surface area contributed by atoms with E-state index in [1.807, 2.05) is 6.92 Å². The van der Waals surface area contributed by atoms with E-state index in [9.17, 15) is 4.79 Å². The third-order valence-electron chi connectivity index (χ3n) is 2.43. The maximum atomic E-state index is 11.0. The number of carbonyl (C=O) groups is 1. The van der Waals surface area contributed by atoms with Crippen LogP contribution < -0.4 is 5.73 Å². The first-order valence-electron chi connectivity index (χ1n) is 5.01. The summed E-state index contributed by atoms with van der Waals surface area (Å²) in [4.78, 5) is 15.4. The largest absolute Gasteiger partial charge is 0.369 e. The van der Waals surface area contributed by atoms with Gasteiger partial charge in [0.2, 0.25) is 5.91 Å². The van der Waals surface area contributed by atoms with Crippen molar-refractivity contribution in [2.45, 2.75) is 13.3 Å². The first-order valence-corrected chi connectivity index (χ1v) is 5.77. The molecule has 0 aliphatic carbocycles. The Labute approximate surface area is 109 Å². The monoisotopic (exact) mass is 268 g/mol. The molecular formula is C12H10Cl2N2O. The fraction of sp³-hybridized carbons (Fsp3) is 0.167. The molecule has 0 unspecified atom stereocenters. The van der Waals surface area contributed by atoms with Crippen molar-refractivity contribution in [1.29, 1.82) is 0 Å². The van der Waals surface area contributed by atoms with Crippen molar-refractivity contribution in [2.24, 2.45) is 5.73 Å². The summed E-state index contributed by atoms with van der Waals surface area (Å²) in [7, 11) is 0. The van der Waals surface area contributed by atoms with E-state index in [1.54, 1.807) is 18.2 Å². The van der Waals surface area contributed by atoms with Gasteiger partial charge in [0, 0.05) is 11.1 Å². The zero-order chi connectivity index (χ0) is 12.6. The molecule has 88 valence electrons. The number of hydrogen-bond acceptors (Lipinski definition) is 2. The lowest BCUT2D eigenvalue weighted by Gasteiger charge is -2.09. The molecule has 17 heavy (non-hydrogen) atoms. The van der Waals surface area contributed by atoms with Gasteiger partial charge in [0.05, 0.1) is 22.0 Å². The molecule has 1 heterocycles. The van der Waals surface area contributed by atoms with Crippen LogP contribution in [0.5, 0.6) is 0 Å². The van der Waals surface area contributed by atoms with Crippen LogP contribution in [0.25, 0.3) is 10.9 Å². The molecule has 0 aliphatic rings. The van der Waals surface area contributed by atoms with E-state index in [-0.39, 0.29) is 6.42 Å². The van der Waals surface area contributed by atoms with Crippen molar-refractivity contribution < 1.29 is 4.79 Å². The fourth-order valence-corrected chi connectivity index (χ4v) is 2.29. The Bertz CT molecular complexity index is 611. The molecule has 0 saturated carbocycles. The van der Waals surface area contributed by atoms with Crippen LogP contribution in [0.3, 0.4) is 0 Å². The predicted octanol–water partition coefficient (Wildman–Crippen LogP) is 2.88. The Kier molecular flexibility index (Phi) is 3.22. The van der Waals surface area contributed by atoms with E-state index in [0.717, 1.165) is 11.3 Å². The number of aromatic nitrogens is 1. The number of pyridine rings is 1. The maximum Gasteiger partial charge on any atom is 0.221 e. The fourth-order valence-electron chi connectivity index (χ4n) is 1.82. The molecule has 3 nitrogen and oxygen atoms in total. The Morgan fingerprint density at radius 2 is 2.00 bits per heavy atom. The van der Waals surface area contributed by atoms with Crippen LogP contribution in [0.2, 0.25) is 10.0 Å². The molecule has 2 aromatic rings. The van der Waals surface area contributed by atoms with Gasteiger partial charge in [-0.1, -0.05) is 23.2 Å². The van der Waals surface area contributed by atoms with Gasteiger partial charge >= 0.3 is 0 Å². The molecule has 0 aliphatic heterocycles. The Morgan fingerprint density at radius 1 is 1.35 bits per heavy atom. The highest BCUT2D eigenvalue weighted by atomic mass is 35.5. The number of halogens is 2. The van der Waals surface area contributed by atoms with Gasteiger partial charge in [0.15, 0.2) is 0 Å². The van der Waals surface area contributed by atoms with Crippen LogP contribution >= 0.6 is 23.2 Å². The van der Waals surface area contributed by atoms with E-state index in [4.69, 9.17) is 28.9 Å². The smallest absolute Gasteiger partial charge is 0.221 e. The Morgan fingerprint density at radius 3 is 2.65 bits per heavy atom. The summed E-state index contributed by atoms with van der Waals surface area (Å²) in [5.41, 5.74) is 7.36. The third-order valence-corrected chi connectivity index (χ3v) is 3.05. The summed E-state index contributed by atoms with van der Waals surface area (Å²) in [6.07, 6.45) is 0.125. The number of benzene rings is 1. The molecule has 2 rings (SSSR count). The molecule has 1 amide bonds. The van der Waals surface area contributed by atoms with Gasteiger partial charge in [-0.15, -0.1) is 0 Å². The normalized spacial score (nSPS) is 10.8. The van der Waals surface area contributed by atoms with Gasteiger partial charge in [-0.25, -0.2) is 0 Å². The van der Waals surface area contributed by atoms with E-state index in [2.05, 4.69) is 4.98 Å². The van der Waals surface area contributed by atoms with Crippen LogP contribution in [0.4, 0.5) is 0 Å². The SMILES string of the molecule is Cc1cc(CC(N)=O)c2c(Cl)ccc(Cl)c2n1. The van der Waals surface area contributed by atoms with Crippen LogP contribution in [-0.4, -0.2) is 10.9 Å². The number of nitrogens with zero attached hydrogens (tertiary/aromatic N) is 1. The van der Waals surface area contributed by atoms with Crippen LogP contribution in [0.1, 0.15) is 11.3 Å². The number of carbonyl (C=O) groups excluding carboxylic acids is 1. The highest BCUT2D eigenvalue weighted by Gasteiger charge is 2.12. The topological polar surface area (TPSA) is 56.0 Å². The zero-order valence-electron chi connectivity index (χ0n) is 9.13. The standard InChI is InChI=1S/C12H10Cl2N2O/c1-6-4-7(5-10(15)17)11-8(13)2-3-9(14)12(11)16-6/h2-4H,5H2,1H3,(H2,15,17). The van der Waals surface area contributed by atoms with Crippen LogP contribution in [0, 0.1) is 6.92 Å². The van der Waals surface area contributed by atoms with E-state index in [0.29, 0.717) is 20.9 Å². The second-order valence-electron chi connectivity index (χ2n) is 3.82. The molecule has 0 fully saturated rings. The summed E-state index contributed by atoms with van der Waals surface area (Å²) >= 11 is 12.2. The number of nitrogens with two attached hydrogens (primary N) is 1. The zero-order valence-corrected chi connectivity index (χ0v) is 10.6. The van der Waals surface area contributed by atoms with Crippen molar-refractivity contribution >= 4 is 40.0 Å². The van der Waals surface area contributed by atoms with Crippen molar-refractivity contribution in [3.63, 3.8) is 0 Å². The number of hydrogen-bond donors (Lipinski definition) is 1. The van der Waals surface area contributed by atoms with Crippen molar-refractivity contribution in [1.82, 2.24) is 4.98 Å². The number of amides is 1. The number of rotatable bonds is 2. The van der Waals surface area contributed by atoms with E-state index < -0.39 is 5.91 Å². The van der Waals surface area contributed by atoms with E-state index >= 15 is 0 Å². The minimum absolute atomic E-state index is 0.125. The summed E-state index contributed by atoms with van der Waals surface area (Å²) in [6.45, 7) is 1.83. The van der Waals surface area contributed by atoms with Gasteiger partial charge in [-0.2, -0.15) is 0 Å². The second kappa shape index (κ2) is 4.51. The molecular weight excluding hydrogens is 259 g/mol. The minimum Gasteiger partial charge on any atom is -0.369 e. The molecule has 0 saturated heterocycles. The minimum atomic E-state index is -0.409. The molecule has 1 aromatic carbocycles. The summed E-state index contributed by atoms with van der Waals surface area (Å²) in [5.74, 6) is -0.409. The van der Waals surface area contributed by atoms with E-state index in [1.165, 1.54) is 0 Å². The molecule has 0 atom stereocenters. The first kappa shape index (κ1) is 12.1. The maximum absolute atomic E-state index is 11.0.